The fourth-order valence-electron chi connectivity index (χ4n) is 2.67. The van der Waals surface area contributed by atoms with Crippen molar-refractivity contribution in [1.29, 1.82) is 0 Å². The number of allylic oxidation sites excluding steroid dienone is 8. The van der Waals surface area contributed by atoms with Crippen molar-refractivity contribution in [2.24, 2.45) is 0 Å². The van der Waals surface area contributed by atoms with Crippen molar-refractivity contribution in [3.63, 3.8) is 0 Å². The fourth-order valence-corrected chi connectivity index (χ4v) is 9.17. The Morgan fingerprint density at radius 3 is 2.33 bits per heavy atom. The van der Waals surface area contributed by atoms with Gasteiger partial charge in [0.25, 0.3) is 0 Å². The normalized spacial score (nSPS) is 18.2. The smallest absolute Gasteiger partial charge is 0.147 e. The third kappa shape index (κ3) is 3.82. The second kappa shape index (κ2) is 7.43. The Labute approximate surface area is 129 Å². The van der Waals surface area contributed by atoms with Crippen molar-refractivity contribution < 1.29 is 18.9 Å². The maximum Gasteiger partial charge on any atom is -0.147 e. The van der Waals surface area contributed by atoms with Gasteiger partial charge in [0, 0.05) is 0 Å². The SMILES string of the molecule is CCC1=[C]([Zr]([CH3])([CH3])=[SiH2])CC=C1C1=CC=CC1.Cl.Cl. The molecule has 0 radical (unpaired) electrons. The van der Waals surface area contributed by atoms with Gasteiger partial charge in [0.1, 0.15) is 0 Å². The maximum absolute atomic E-state index is 2.55. The van der Waals surface area contributed by atoms with E-state index in [4.69, 9.17) is 0 Å². The molecule has 0 fully saturated rings. The van der Waals surface area contributed by atoms with E-state index in [9.17, 15) is 0 Å². The molecule has 0 spiro atoms. The van der Waals surface area contributed by atoms with Crippen LogP contribution >= 0.6 is 24.8 Å². The van der Waals surface area contributed by atoms with Crippen molar-refractivity contribution in [3.05, 3.63) is 44.3 Å². The Morgan fingerprint density at radius 2 is 1.89 bits per heavy atom. The zero-order valence-corrected chi connectivity index (χ0v) is 17.0. The van der Waals surface area contributed by atoms with Crippen LogP contribution in [-0.2, 0) is 18.9 Å². The van der Waals surface area contributed by atoms with Crippen LogP contribution in [0.1, 0.15) is 26.2 Å². The van der Waals surface area contributed by atoms with Crippen LogP contribution < -0.4 is 0 Å². The van der Waals surface area contributed by atoms with E-state index in [2.05, 4.69) is 47.4 Å². The van der Waals surface area contributed by atoms with Crippen molar-refractivity contribution in [2.45, 2.75) is 35.4 Å². The summed E-state index contributed by atoms with van der Waals surface area (Å²) in [5.74, 6) is 0. The third-order valence-corrected chi connectivity index (χ3v) is 11.3. The molecule has 0 nitrogen and oxygen atoms in total. The monoisotopic (exact) mass is 379 g/mol. The van der Waals surface area contributed by atoms with Crippen LogP contribution in [0, 0.1) is 0 Å². The van der Waals surface area contributed by atoms with Gasteiger partial charge in [0.2, 0.25) is 0 Å². The number of hydrogen-bond donors (Lipinski definition) is 0. The van der Waals surface area contributed by atoms with E-state index in [1.54, 1.807) is 16.7 Å². The molecule has 0 heterocycles. The quantitative estimate of drug-likeness (QED) is 0.631. The minimum absolute atomic E-state index is 0. The summed E-state index contributed by atoms with van der Waals surface area (Å²) in [6, 6.07) is 0. The summed E-state index contributed by atoms with van der Waals surface area (Å²) in [5.41, 5.74) is 4.83. The van der Waals surface area contributed by atoms with Gasteiger partial charge in [0.05, 0.1) is 0 Å². The topological polar surface area (TPSA) is 0 Å². The molecule has 0 aromatic rings. The zero-order chi connectivity index (χ0) is 11.8. The van der Waals surface area contributed by atoms with Gasteiger partial charge in [-0.05, 0) is 0 Å². The standard InChI is InChI=1S/C12H13.2CH3.2ClH.H2Si.Zr/c1-2-10-8-5-9-12(10)11-6-3-4-7-11;;;;;;/h3-4,6,9H,2,5,7H2,1H3;2*1H3;2*1H;1H2;. The van der Waals surface area contributed by atoms with Crippen LogP contribution in [0.15, 0.2) is 44.3 Å². The fraction of sp³-hybridized carbons (Fsp3) is 0.429. The molecule has 2 aliphatic carbocycles. The largest absolute Gasteiger partial charge is 0.147 e. The van der Waals surface area contributed by atoms with Gasteiger partial charge >= 0.3 is 106 Å². The van der Waals surface area contributed by atoms with E-state index < -0.39 is 18.9 Å². The van der Waals surface area contributed by atoms with Gasteiger partial charge in [-0.15, -0.1) is 24.8 Å². The zero-order valence-electron chi connectivity index (χ0n) is 11.5. The predicted octanol–water partition coefficient (Wildman–Crippen LogP) is 4.51. The average molecular weight is 382 g/mol. The van der Waals surface area contributed by atoms with E-state index in [0.29, 0.717) is 0 Å². The molecule has 4 heteroatoms. The molecule has 0 aromatic heterocycles. The Kier molecular flexibility index (Phi) is 7.69. The molecule has 2 aliphatic rings. The molecule has 0 amide bonds. The van der Waals surface area contributed by atoms with Gasteiger partial charge in [-0.25, -0.2) is 0 Å². The van der Waals surface area contributed by atoms with Crippen LogP contribution in [-0.4, -0.2) is 6.88 Å². The first kappa shape index (κ1) is 18.6. The second-order valence-electron chi connectivity index (χ2n) is 5.34. The van der Waals surface area contributed by atoms with Crippen LogP contribution in [0.25, 0.3) is 0 Å². The molecule has 0 saturated heterocycles. The van der Waals surface area contributed by atoms with Gasteiger partial charge in [-0.2, -0.15) is 0 Å². The summed E-state index contributed by atoms with van der Waals surface area (Å²) in [5, 5.41) is 0. The molecule has 101 valence electrons. The maximum atomic E-state index is 2.55. The van der Waals surface area contributed by atoms with E-state index in [1.807, 2.05) is 3.28 Å². The summed E-state index contributed by atoms with van der Waals surface area (Å²) in [7, 11) is 0. The molecular formula is C14H23Cl2SiZr. The minimum atomic E-state index is -1.83. The molecule has 2 rings (SSSR count). The molecule has 0 atom stereocenters. The summed E-state index contributed by atoms with van der Waals surface area (Å²) >= 11 is -1.83. The van der Waals surface area contributed by atoms with Crippen molar-refractivity contribution in [1.82, 2.24) is 0 Å². The van der Waals surface area contributed by atoms with E-state index in [1.165, 1.54) is 12.8 Å². The number of hydrogen-bond acceptors (Lipinski definition) is 0. The van der Waals surface area contributed by atoms with E-state index in [0.717, 1.165) is 6.42 Å². The Hall–Kier alpha value is 0.640. The molecule has 0 aliphatic heterocycles. The summed E-state index contributed by atoms with van der Waals surface area (Å²) in [6.07, 6.45) is 12.9. The molecular weight excluding hydrogens is 358 g/mol. The first-order valence-corrected chi connectivity index (χ1v) is 18.2. The first-order valence-electron chi connectivity index (χ1n) is 6.18. The van der Waals surface area contributed by atoms with Gasteiger partial charge < -0.3 is 0 Å². The van der Waals surface area contributed by atoms with Crippen LogP contribution in [0.2, 0.25) is 9.26 Å². The number of rotatable bonds is 3. The average Bonchev–Trinajstić information content (AvgIpc) is 2.84. The van der Waals surface area contributed by atoms with Gasteiger partial charge in [-0.3, -0.25) is 0 Å². The second-order valence-corrected chi connectivity index (χ2v) is 26.5. The third-order valence-electron chi connectivity index (χ3n) is 3.49. The Balaban J connectivity index is 0.00000144. The first-order chi connectivity index (χ1) is 7.54. The Bertz CT molecular complexity index is 478. The number of halogens is 2. The Morgan fingerprint density at radius 1 is 1.22 bits per heavy atom. The van der Waals surface area contributed by atoms with Gasteiger partial charge in [0.15, 0.2) is 0 Å². The molecule has 0 aromatic carbocycles. The molecule has 0 saturated carbocycles. The molecule has 0 bridgehead atoms. The predicted molar refractivity (Wildman–Crippen MR) is 86.6 cm³/mol. The minimum Gasteiger partial charge on any atom is -0.147 e. The van der Waals surface area contributed by atoms with Crippen LogP contribution in [0.4, 0.5) is 0 Å². The van der Waals surface area contributed by atoms with Crippen LogP contribution in [0.5, 0.6) is 0 Å². The summed E-state index contributed by atoms with van der Waals surface area (Å²) in [6.45, 7) is 4.64. The van der Waals surface area contributed by atoms with Crippen molar-refractivity contribution in [3.8, 4) is 0 Å². The van der Waals surface area contributed by atoms with E-state index >= 15 is 0 Å². The van der Waals surface area contributed by atoms with E-state index in [-0.39, 0.29) is 24.8 Å². The molecule has 0 unspecified atom stereocenters. The summed E-state index contributed by atoms with van der Waals surface area (Å²) in [4.78, 5) is 0. The summed E-state index contributed by atoms with van der Waals surface area (Å²) < 4.78 is 6.96. The molecule has 18 heavy (non-hydrogen) atoms. The van der Waals surface area contributed by atoms with Crippen molar-refractivity contribution in [2.75, 3.05) is 0 Å². The van der Waals surface area contributed by atoms with Gasteiger partial charge in [-0.1, -0.05) is 0 Å². The van der Waals surface area contributed by atoms with Crippen LogP contribution in [0.3, 0.4) is 0 Å². The molecule has 0 N–H and O–H groups in total. The van der Waals surface area contributed by atoms with Crippen molar-refractivity contribution >= 4 is 31.7 Å².